The summed E-state index contributed by atoms with van der Waals surface area (Å²) in [7, 11) is 0. The van der Waals surface area contributed by atoms with Crippen LogP contribution < -0.4 is 10.6 Å². The number of nitrogens with one attached hydrogen (secondary N) is 2. The summed E-state index contributed by atoms with van der Waals surface area (Å²) in [6.45, 7) is 1.86. The minimum absolute atomic E-state index is 0.271. The van der Waals surface area contributed by atoms with Gasteiger partial charge in [0.2, 0.25) is 0 Å². The average molecular weight is 360 g/mol. The molecule has 0 radical (unpaired) electrons. The number of hydrogen-bond donors (Lipinski definition) is 2. The number of aryl methyl sites for hydroxylation is 1. The summed E-state index contributed by atoms with van der Waals surface area (Å²) in [6, 6.07) is 11.4. The lowest BCUT2D eigenvalue weighted by molar-refractivity contribution is -0.147. The van der Waals surface area contributed by atoms with E-state index in [1.165, 1.54) is 16.9 Å². The van der Waals surface area contributed by atoms with E-state index in [1.54, 1.807) is 17.5 Å². The van der Waals surface area contributed by atoms with Crippen molar-refractivity contribution in [1.29, 1.82) is 0 Å². The Labute approximate surface area is 150 Å². The molecule has 0 aliphatic heterocycles. The summed E-state index contributed by atoms with van der Waals surface area (Å²) in [6.07, 6.45) is 0.712. The molecule has 1 heterocycles. The van der Waals surface area contributed by atoms with Gasteiger partial charge in [0.05, 0.1) is 4.88 Å². The molecule has 25 heavy (non-hydrogen) atoms. The molecule has 0 saturated heterocycles. The summed E-state index contributed by atoms with van der Waals surface area (Å²) in [5.41, 5.74) is 2.33. The summed E-state index contributed by atoms with van der Waals surface area (Å²) in [5.74, 6) is -1.36. The van der Waals surface area contributed by atoms with E-state index >= 15 is 0 Å². The molecule has 1 aromatic heterocycles. The fourth-order valence-electron chi connectivity index (χ4n) is 2.12. The SMILES string of the molecule is Cc1ccccc1CCNC(=O)COC(=O)CNC(=O)c1cccs1. The summed E-state index contributed by atoms with van der Waals surface area (Å²) in [4.78, 5) is 35.4. The Hall–Kier alpha value is -2.67. The first-order valence-electron chi connectivity index (χ1n) is 7.85. The van der Waals surface area contributed by atoms with Gasteiger partial charge in [-0.15, -0.1) is 11.3 Å². The molecule has 2 amide bonds. The average Bonchev–Trinajstić information content (AvgIpc) is 3.14. The van der Waals surface area contributed by atoms with Gasteiger partial charge in [-0.05, 0) is 35.9 Å². The Bertz CT molecular complexity index is 728. The first-order valence-corrected chi connectivity index (χ1v) is 8.73. The number of ether oxygens (including phenoxy) is 1. The molecule has 0 bridgehead atoms. The standard InChI is InChI=1S/C18H20N2O4S/c1-13-5-2-3-6-14(13)8-9-19-16(21)12-24-17(22)11-20-18(23)15-7-4-10-25-15/h2-7,10H,8-9,11-12H2,1H3,(H,19,21)(H,20,23). The van der Waals surface area contributed by atoms with Crippen molar-refractivity contribution < 1.29 is 19.1 Å². The van der Waals surface area contributed by atoms with Crippen LogP contribution in [0.15, 0.2) is 41.8 Å². The maximum absolute atomic E-state index is 11.7. The number of hydrogen-bond acceptors (Lipinski definition) is 5. The molecule has 0 spiro atoms. The molecular weight excluding hydrogens is 340 g/mol. The number of amides is 2. The molecular formula is C18H20N2O4S. The van der Waals surface area contributed by atoms with E-state index < -0.39 is 5.97 Å². The fourth-order valence-corrected chi connectivity index (χ4v) is 2.76. The molecule has 1 aromatic carbocycles. The van der Waals surface area contributed by atoms with Crippen molar-refractivity contribution in [2.24, 2.45) is 0 Å². The number of thiophene rings is 1. The van der Waals surface area contributed by atoms with E-state index in [-0.39, 0.29) is 25.0 Å². The van der Waals surface area contributed by atoms with Crippen molar-refractivity contribution in [2.75, 3.05) is 19.7 Å². The van der Waals surface area contributed by atoms with Gasteiger partial charge in [0.15, 0.2) is 6.61 Å². The van der Waals surface area contributed by atoms with E-state index in [0.29, 0.717) is 17.8 Å². The van der Waals surface area contributed by atoms with Crippen LogP contribution in [-0.4, -0.2) is 37.5 Å². The van der Waals surface area contributed by atoms with Crippen molar-refractivity contribution in [3.63, 3.8) is 0 Å². The van der Waals surface area contributed by atoms with Crippen molar-refractivity contribution in [2.45, 2.75) is 13.3 Å². The van der Waals surface area contributed by atoms with Crippen molar-refractivity contribution >= 4 is 29.1 Å². The van der Waals surface area contributed by atoms with Gasteiger partial charge >= 0.3 is 5.97 Å². The molecule has 0 saturated carbocycles. The number of carbonyl (C=O) groups excluding carboxylic acids is 3. The second-order valence-corrected chi connectivity index (χ2v) is 6.29. The minimum atomic E-state index is -0.654. The molecule has 7 heteroatoms. The largest absolute Gasteiger partial charge is 0.454 e. The zero-order valence-electron chi connectivity index (χ0n) is 13.9. The highest BCUT2D eigenvalue weighted by Gasteiger charge is 2.11. The molecule has 2 N–H and O–H groups in total. The second-order valence-electron chi connectivity index (χ2n) is 5.35. The van der Waals surface area contributed by atoms with Crippen LogP contribution in [-0.2, 0) is 20.7 Å². The molecule has 2 rings (SSSR count). The molecule has 0 unspecified atom stereocenters. The fraction of sp³-hybridized carbons (Fsp3) is 0.278. The van der Waals surface area contributed by atoms with E-state index in [1.807, 2.05) is 31.2 Å². The predicted molar refractivity (Wildman–Crippen MR) is 95.5 cm³/mol. The lowest BCUT2D eigenvalue weighted by Gasteiger charge is -2.08. The van der Waals surface area contributed by atoms with Crippen LogP contribution in [0.4, 0.5) is 0 Å². The summed E-state index contributed by atoms with van der Waals surface area (Å²) < 4.78 is 4.84. The third-order valence-corrected chi connectivity index (χ3v) is 4.35. The number of benzene rings is 1. The third-order valence-electron chi connectivity index (χ3n) is 3.48. The Morgan fingerprint density at radius 2 is 1.88 bits per heavy atom. The van der Waals surface area contributed by atoms with Crippen molar-refractivity contribution in [3.8, 4) is 0 Å². The van der Waals surface area contributed by atoms with Crippen LogP contribution in [0, 0.1) is 6.92 Å². The Morgan fingerprint density at radius 1 is 1.08 bits per heavy atom. The van der Waals surface area contributed by atoms with Crippen molar-refractivity contribution in [3.05, 3.63) is 57.8 Å². The maximum Gasteiger partial charge on any atom is 0.325 e. The molecule has 0 aliphatic rings. The third kappa shape index (κ3) is 6.39. The van der Waals surface area contributed by atoms with Gasteiger partial charge in [-0.25, -0.2) is 0 Å². The molecule has 2 aromatic rings. The van der Waals surface area contributed by atoms with Crippen LogP contribution in [0.3, 0.4) is 0 Å². The zero-order chi connectivity index (χ0) is 18.1. The highest BCUT2D eigenvalue weighted by molar-refractivity contribution is 7.12. The van der Waals surface area contributed by atoms with Gasteiger partial charge in [0.25, 0.3) is 11.8 Å². The number of esters is 1. The Morgan fingerprint density at radius 3 is 2.60 bits per heavy atom. The first kappa shape index (κ1) is 18.7. The van der Waals surface area contributed by atoms with Crippen LogP contribution in [0.1, 0.15) is 20.8 Å². The lowest BCUT2D eigenvalue weighted by Crippen LogP contribution is -2.34. The van der Waals surface area contributed by atoms with E-state index in [4.69, 9.17) is 4.74 Å². The van der Waals surface area contributed by atoms with E-state index in [2.05, 4.69) is 10.6 Å². The summed E-state index contributed by atoms with van der Waals surface area (Å²) in [5, 5.41) is 6.92. The van der Waals surface area contributed by atoms with Crippen LogP contribution in [0.5, 0.6) is 0 Å². The number of carbonyl (C=O) groups is 3. The quantitative estimate of drug-likeness (QED) is 0.702. The van der Waals surface area contributed by atoms with Crippen LogP contribution in [0.25, 0.3) is 0 Å². The first-order chi connectivity index (χ1) is 12.1. The molecule has 0 aliphatic carbocycles. The van der Waals surface area contributed by atoms with E-state index in [0.717, 1.165) is 5.56 Å². The van der Waals surface area contributed by atoms with Gasteiger partial charge in [-0.1, -0.05) is 30.3 Å². The Balaban J connectivity index is 1.60. The normalized spacial score (nSPS) is 10.1. The minimum Gasteiger partial charge on any atom is -0.454 e. The summed E-state index contributed by atoms with van der Waals surface area (Å²) >= 11 is 1.28. The highest BCUT2D eigenvalue weighted by Crippen LogP contribution is 2.07. The maximum atomic E-state index is 11.7. The zero-order valence-corrected chi connectivity index (χ0v) is 14.7. The second kappa shape index (κ2) is 9.58. The molecule has 6 nitrogen and oxygen atoms in total. The lowest BCUT2D eigenvalue weighted by atomic mass is 10.1. The van der Waals surface area contributed by atoms with E-state index in [9.17, 15) is 14.4 Å². The van der Waals surface area contributed by atoms with Crippen LogP contribution >= 0.6 is 11.3 Å². The van der Waals surface area contributed by atoms with Gasteiger partial charge in [-0.2, -0.15) is 0 Å². The Kier molecular flexibility index (Phi) is 7.16. The van der Waals surface area contributed by atoms with Gasteiger partial charge < -0.3 is 15.4 Å². The smallest absolute Gasteiger partial charge is 0.325 e. The van der Waals surface area contributed by atoms with Crippen molar-refractivity contribution in [1.82, 2.24) is 10.6 Å². The van der Waals surface area contributed by atoms with Crippen LogP contribution in [0.2, 0.25) is 0 Å². The van der Waals surface area contributed by atoms with Gasteiger partial charge in [0, 0.05) is 6.54 Å². The predicted octanol–water partition coefficient (Wildman–Crippen LogP) is 1.69. The number of rotatable bonds is 8. The molecule has 0 atom stereocenters. The topological polar surface area (TPSA) is 84.5 Å². The van der Waals surface area contributed by atoms with Gasteiger partial charge in [0.1, 0.15) is 6.54 Å². The molecule has 132 valence electrons. The van der Waals surface area contributed by atoms with Gasteiger partial charge in [-0.3, -0.25) is 14.4 Å². The highest BCUT2D eigenvalue weighted by atomic mass is 32.1. The monoisotopic (exact) mass is 360 g/mol. The molecule has 0 fully saturated rings.